The maximum Gasteiger partial charge on any atom is 0.279 e. The van der Waals surface area contributed by atoms with Crippen LogP contribution in [0.3, 0.4) is 0 Å². The van der Waals surface area contributed by atoms with Crippen LogP contribution in [-0.4, -0.2) is 52.2 Å². The predicted molar refractivity (Wildman–Crippen MR) is 86.7 cm³/mol. The first kappa shape index (κ1) is 15.7. The molecule has 0 aliphatic heterocycles. The van der Waals surface area contributed by atoms with Crippen molar-refractivity contribution in [2.24, 2.45) is 0 Å². The van der Waals surface area contributed by atoms with Gasteiger partial charge >= 0.3 is 0 Å². The molecule has 2 aromatic heterocycles. The zero-order chi connectivity index (χ0) is 17.3. The van der Waals surface area contributed by atoms with Crippen molar-refractivity contribution in [2.45, 2.75) is 0 Å². The third kappa shape index (κ3) is 2.50. The number of carbonyl (C=O) groups is 1. The van der Waals surface area contributed by atoms with Crippen LogP contribution in [0.2, 0.25) is 0 Å². The van der Waals surface area contributed by atoms with Crippen molar-refractivity contribution in [3.05, 3.63) is 35.9 Å². The van der Waals surface area contributed by atoms with Gasteiger partial charge in [-0.05, 0) is 18.2 Å². The summed E-state index contributed by atoms with van der Waals surface area (Å²) in [5.74, 6) is -0.106. The van der Waals surface area contributed by atoms with Crippen LogP contribution in [0.4, 0.5) is 5.82 Å². The molecular weight excluding hydrogens is 312 g/mol. The van der Waals surface area contributed by atoms with Gasteiger partial charge in [0.05, 0.1) is 25.3 Å². The van der Waals surface area contributed by atoms with E-state index in [0.29, 0.717) is 16.7 Å². The zero-order valence-electron chi connectivity index (χ0n) is 13.4. The molecule has 9 nitrogen and oxygen atoms in total. The van der Waals surface area contributed by atoms with Gasteiger partial charge in [-0.2, -0.15) is 4.98 Å². The standard InChI is InChI=1S/C15H16N6O3/c1-20(24-3)15(22)9-8-12(16)17-14(23-2)13(9)21-11-7-5-4-6-10(11)18-19-21/h4-8H,1-3H3,(H2,16,17). The Balaban J connectivity index is 2.31. The van der Waals surface area contributed by atoms with Gasteiger partial charge in [0.25, 0.3) is 5.91 Å². The summed E-state index contributed by atoms with van der Waals surface area (Å²) in [6.45, 7) is 0. The second-order valence-corrected chi connectivity index (χ2v) is 4.93. The molecule has 3 rings (SSSR count). The molecule has 9 heteroatoms. The summed E-state index contributed by atoms with van der Waals surface area (Å²) in [5, 5.41) is 9.31. The molecule has 1 amide bonds. The Morgan fingerprint density at radius 2 is 2.04 bits per heavy atom. The smallest absolute Gasteiger partial charge is 0.279 e. The molecule has 0 atom stereocenters. The molecule has 0 saturated heterocycles. The number of para-hydroxylation sites is 1. The van der Waals surface area contributed by atoms with Crippen LogP contribution in [0.25, 0.3) is 16.7 Å². The number of rotatable bonds is 4. The van der Waals surface area contributed by atoms with Crippen LogP contribution in [-0.2, 0) is 4.84 Å². The highest BCUT2D eigenvalue weighted by molar-refractivity contribution is 5.99. The lowest BCUT2D eigenvalue weighted by atomic mass is 10.2. The van der Waals surface area contributed by atoms with Crippen molar-refractivity contribution in [3.63, 3.8) is 0 Å². The Morgan fingerprint density at radius 3 is 2.75 bits per heavy atom. The molecule has 2 heterocycles. The van der Waals surface area contributed by atoms with E-state index in [2.05, 4.69) is 15.3 Å². The van der Waals surface area contributed by atoms with Gasteiger partial charge in [0, 0.05) is 7.05 Å². The van der Waals surface area contributed by atoms with E-state index >= 15 is 0 Å². The van der Waals surface area contributed by atoms with E-state index in [1.54, 1.807) is 0 Å². The number of nitrogens with two attached hydrogens (primary N) is 1. The van der Waals surface area contributed by atoms with Crippen LogP contribution in [0.5, 0.6) is 5.88 Å². The highest BCUT2D eigenvalue weighted by Gasteiger charge is 2.25. The average Bonchev–Trinajstić information content (AvgIpc) is 3.03. The fraction of sp³-hybridized carbons (Fsp3) is 0.200. The second kappa shape index (κ2) is 6.13. The van der Waals surface area contributed by atoms with Crippen LogP contribution in [0.1, 0.15) is 10.4 Å². The highest BCUT2D eigenvalue weighted by atomic mass is 16.7. The van der Waals surface area contributed by atoms with Crippen LogP contribution in [0, 0.1) is 0 Å². The fourth-order valence-electron chi connectivity index (χ4n) is 2.33. The van der Waals surface area contributed by atoms with E-state index in [9.17, 15) is 4.79 Å². The van der Waals surface area contributed by atoms with Crippen molar-refractivity contribution < 1.29 is 14.4 Å². The molecule has 0 fully saturated rings. The molecule has 0 aliphatic carbocycles. The number of nitrogen functional groups attached to an aromatic ring is 1. The summed E-state index contributed by atoms with van der Waals surface area (Å²) in [7, 11) is 4.33. The van der Waals surface area contributed by atoms with Crippen LogP contribution in [0.15, 0.2) is 30.3 Å². The number of pyridine rings is 1. The lowest BCUT2D eigenvalue weighted by molar-refractivity contribution is -0.0757. The molecule has 0 aliphatic rings. The predicted octanol–water partition coefficient (Wildman–Crippen LogP) is 1.04. The van der Waals surface area contributed by atoms with E-state index in [1.165, 1.54) is 32.0 Å². The van der Waals surface area contributed by atoms with Gasteiger partial charge in [-0.25, -0.2) is 9.75 Å². The Labute approximate surface area is 137 Å². The maximum atomic E-state index is 12.6. The molecule has 24 heavy (non-hydrogen) atoms. The molecule has 0 bridgehead atoms. The van der Waals surface area contributed by atoms with E-state index in [-0.39, 0.29) is 17.3 Å². The molecule has 2 N–H and O–H groups in total. The summed E-state index contributed by atoms with van der Waals surface area (Å²) in [4.78, 5) is 21.8. The molecule has 0 unspecified atom stereocenters. The Bertz CT molecular complexity index is 907. The minimum Gasteiger partial charge on any atom is -0.479 e. The van der Waals surface area contributed by atoms with Gasteiger partial charge in [-0.3, -0.25) is 9.63 Å². The SMILES string of the molecule is COc1nc(N)cc(C(=O)N(C)OC)c1-n1nnc2ccccc21. The van der Waals surface area contributed by atoms with E-state index < -0.39 is 5.91 Å². The first-order valence-electron chi connectivity index (χ1n) is 7.04. The monoisotopic (exact) mass is 328 g/mol. The minimum absolute atomic E-state index is 0.146. The van der Waals surface area contributed by atoms with Gasteiger partial charge in [-0.15, -0.1) is 5.10 Å². The topological polar surface area (TPSA) is 108 Å². The number of hydrogen-bond donors (Lipinski definition) is 1. The normalized spacial score (nSPS) is 10.8. The first-order chi connectivity index (χ1) is 11.6. The number of amides is 1. The van der Waals surface area contributed by atoms with Gasteiger partial charge in [0.1, 0.15) is 17.0 Å². The number of hydrogen-bond acceptors (Lipinski definition) is 7. The summed E-state index contributed by atoms with van der Waals surface area (Å²) >= 11 is 0. The van der Waals surface area contributed by atoms with Crippen molar-refractivity contribution in [1.82, 2.24) is 25.0 Å². The summed E-state index contributed by atoms with van der Waals surface area (Å²) in [6.07, 6.45) is 0. The Kier molecular flexibility index (Phi) is 4.00. The lowest BCUT2D eigenvalue weighted by Gasteiger charge is -2.18. The molecule has 1 aromatic carbocycles. The average molecular weight is 328 g/mol. The number of hydroxylamine groups is 2. The third-order valence-electron chi connectivity index (χ3n) is 3.53. The van der Waals surface area contributed by atoms with Crippen molar-refractivity contribution >= 4 is 22.8 Å². The minimum atomic E-state index is -0.417. The number of anilines is 1. The highest BCUT2D eigenvalue weighted by Crippen LogP contribution is 2.29. The van der Waals surface area contributed by atoms with Crippen LogP contribution >= 0.6 is 0 Å². The number of benzene rings is 1. The van der Waals surface area contributed by atoms with E-state index in [0.717, 1.165) is 5.06 Å². The molecule has 0 spiro atoms. The number of ether oxygens (including phenoxy) is 1. The van der Waals surface area contributed by atoms with Crippen molar-refractivity contribution in [3.8, 4) is 11.6 Å². The summed E-state index contributed by atoms with van der Waals surface area (Å²) < 4.78 is 6.81. The molecule has 3 aromatic rings. The summed E-state index contributed by atoms with van der Waals surface area (Å²) in [5.41, 5.74) is 7.76. The van der Waals surface area contributed by atoms with Gasteiger partial charge in [0.2, 0.25) is 5.88 Å². The fourth-order valence-corrected chi connectivity index (χ4v) is 2.33. The number of nitrogens with zero attached hydrogens (tertiary/aromatic N) is 5. The van der Waals surface area contributed by atoms with Crippen molar-refractivity contribution in [2.75, 3.05) is 27.0 Å². The van der Waals surface area contributed by atoms with E-state index in [1.807, 2.05) is 24.3 Å². The zero-order valence-corrected chi connectivity index (χ0v) is 13.4. The van der Waals surface area contributed by atoms with E-state index in [4.69, 9.17) is 15.3 Å². The molecule has 0 radical (unpaired) electrons. The summed E-state index contributed by atoms with van der Waals surface area (Å²) in [6, 6.07) is 8.80. The third-order valence-corrected chi connectivity index (χ3v) is 3.53. The number of fused-ring (bicyclic) bond motifs is 1. The van der Waals surface area contributed by atoms with Crippen molar-refractivity contribution in [1.29, 1.82) is 0 Å². The second-order valence-electron chi connectivity index (χ2n) is 4.93. The maximum absolute atomic E-state index is 12.6. The number of methoxy groups -OCH3 is 1. The molecule has 124 valence electrons. The quantitative estimate of drug-likeness (QED) is 0.713. The molecular formula is C15H16N6O3. The van der Waals surface area contributed by atoms with Gasteiger partial charge in [-0.1, -0.05) is 17.3 Å². The number of carbonyl (C=O) groups excluding carboxylic acids is 1. The number of aromatic nitrogens is 4. The van der Waals surface area contributed by atoms with Gasteiger partial charge < -0.3 is 10.5 Å². The lowest BCUT2D eigenvalue weighted by Crippen LogP contribution is -2.27. The Hall–Kier alpha value is -3.20. The van der Waals surface area contributed by atoms with Gasteiger partial charge in [0.15, 0.2) is 0 Å². The Morgan fingerprint density at radius 1 is 1.29 bits per heavy atom. The van der Waals surface area contributed by atoms with Crippen LogP contribution < -0.4 is 10.5 Å². The largest absolute Gasteiger partial charge is 0.479 e. The first-order valence-corrected chi connectivity index (χ1v) is 7.04. The molecule has 0 saturated carbocycles.